The van der Waals surface area contributed by atoms with Crippen molar-refractivity contribution in [2.45, 2.75) is 32.9 Å². The van der Waals surface area contributed by atoms with E-state index in [-0.39, 0.29) is 17.2 Å². The SMILES string of the molecule is CC[C@@H](C)N1C(=O)S/C(=C/c2cc(I)c(OCc3ccc(Cl)cc3)c(I)c2)C1=O. The Balaban J connectivity index is 1.78. The Bertz CT molecular complexity index is 955. The Morgan fingerprint density at radius 1 is 1.17 bits per heavy atom. The van der Waals surface area contributed by atoms with Crippen LogP contribution in [-0.4, -0.2) is 22.1 Å². The monoisotopic (exact) mass is 653 g/mol. The molecule has 0 spiro atoms. The third kappa shape index (κ3) is 5.48. The number of carbonyl (C=O) groups excluding carboxylic acids is 2. The van der Waals surface area contributed by atoms with Crippen LogP contribution in [-0.2, 0) is 11.4 Å². The maximum atomic E-state index is 12.6. The second-order valence-corrected chi connectivity index (χ2v) is 10.3. The molecule has 0 unspecified atom stereocenters. The molecule has 152 valence electrons. The average molecular weight is 654 g/mol. The molecule has 0 aliphatic carbocycles. The number of hydrogen-bond acceptors (Lipinski definition) is 4. The summed E-state index contributed by atoms with van der Waals surface area (Å²) < 4.78 is 7.89. The number of rotatable bonds is 6. The minimum absolute atomic E-state index is 0.0997. The van der Waals surface area contributed by atoms with Gasteiger partial charge in [0.1, 0.15) is 12.4 Å². The largest absolute Gasteiger partial charge is 0.487 e. The average Bonchev–Trinajstić information content (AvgIpc) is 2.95. The smallest absolute Gasteiger partial charge is 0.293 e. The van der Waals surface area contributed by atoms with E-state index in [2.05, 4.69) is 45.2 Å². The van der Waals surface area contributed by atoms with Crippen molar-refractivity contribution >= 4 is 85.8 Å². The lowest BCUT2D eigenvalue weighted by Crippen LogP contribution is -2.36. The van der Waals surface area contributed by atoms with Crippen molar-refractivity contribution in [3.05, 3.63) is 64.6 Å². The van der Waals surface area contributed by atoms with Crippen LogP contribution in [0, 0.1) is 7.14 Å². The number of benzene rings is 2. The molecule has 3 rings (SSSR count). The molecule has 0 bridgehead atoms. The van der Waals surface area contributed by atoms with Crippen LogP contribution in [0.5, 0.6) is 5.75 Å². The van der Waals surface area contributed by atoms with Crippen molar-refractivity contribution in [2.75, 3.05) is 0 Å². The van der Waals surface area contributed by atoms with Crippen molar-refractivity contribution < 1.29 is 14.3 Å². The summed E-state index contributed by atoms with van der Waals surface area (Å²) in [5, 5.41) is 0.489. The summed E-state index contributed by atoms with van der Waals surface area (Å²) in [5.74, 6) is 0.577. The first-order valence-electron chi connectivity index (χ1n) is 8.93. The highest BCUT2D eigenvalue weighted by molar-refractivity contribution is 14.1. The molecule has 1 aliphatic heterocycles. The van der Waals surface area contributed by atoms with Gasteiger partial charge in [-0.15, -0.1) is 0 Å². The standard InChI is InChI=1S/C21H18ClI2NO3S/c1-3-12(2)25-20(26)18(29-21(25)27)10-14-8-16(23)19(17(24)9-14)28-11-13-4-6-15(22)7-5-13/h4-10,12H,3,11H2,1-2H3/b18-10+/t12-/m1/s1. The molecule has 1 heterocycles. The summed E-state index contributed by atoms with van der Waals surface area (Å²) in [7, 11) is 0. The molecule has 2 aromatic carbocycles. The summed E-state index contributed by atoms with van der Waals surface area (Å²) in [6.45, 7) is 4.29. The molecule has 29 heavy (non-hydrogen) atoms. The third-order valence-corrected chi connectivity index (χ3v) is 7.21. The van der Waals surface area contributed by atoms with Gasteiger partial charge < -0.3 is 4.74 Å². The van der Waals surface area contributed by atoms with E-state index in [1.807, 2.05) is 50.2 Å². The summed E-state index contributed by atoms with van der Waals surface area (Å²) in [4.78, 5) is 26.6. The second kappa shape index (κ2) is 10.0. The second-order valence-electron chi connectivity index (χ2n) is 6.54. The number of amides is 2. The number of hydrogen-bond donors (Lipinski definition) is 0. The predicted octanol–water partition coefficient (Wildman–Crippen LogP) is 6.96. The lowest BCUT2D eigenvalue weighted by molar-refractivity contribution is -0.124. The summed E-state index contributed by atoms with van der Waals surface area (Å²) >= 11 is 11.4. The van der Waals surface area contributed by atoms with E-state index in [9.17, 15) is 9.59 Å². The van der Waals surface area contributed by atoms with Gasteiger partial charge in [-0.2, -0.15) is 0 Å². The third-order valence-electron chi connectivity index (χ3n) is 4.47. The van der Waals surface area contributed by atoms with E-state index >= 15 is 0 Å². The van der Waals surface area contributed by atoms with Crippen molar-refractivity contribution in [3.63, 3.8) is 0 Å². The summed E-state index contributed by atoms with van der Waals surface area (Å²) in [5.41, 5.74) is 1.90. The van der Waals surface area contributed by atoms with Crippen LogP contribution >= 0.6 is 68.5 Å². The molecule has 2 aromatic rings. The number of halogens is 3. The Kier molecular flexibility index (Phi) is 7.91. The van der Waals surface area contributed by atoms with Crippen LogP contribution in [0.3, 0.4) is 0 Å². The Labute approximate surface area is 206 Å². The fourth-order valence-electron chi connectivity index (χ4n) is 2.73. The number of ether oxygens (including phenoxy) is 1. The number of nitrogens with zero attached hydrogens (tertiary/aromatic N) is 1. The van der Waals surface area contributed by atoms with Gasteiger partial charge in [-0.1, -0.05) is 30.7 Å². The maximum Gasteiger partial charge on any atom is 0.293 e. The van der Waals surface area contributed by atoms with Gasteiger partial charge in [0.05, 0.1) is 12.0 Å². The molecule has 0 radical (unpaired) electrons. The van der Waals surface area contributed by atoms with Gasteiger partial charge in [0.25, 0.3) is 11.1 Å². The maximum absolute atomic E-state index is 12.6. The number of imide groups is 1. The summed E-state index contributed by atoms with van der Waals surface area (Å²) in [6.07, 6.45) is 2.52. The predicted molar refractivity (Wildman–Crippen MR) is 135 cm³/mol. The van der Waals surface area contributed by atoms with Crippen molar-refractivity contribution in [1.29, 1.82) is 0 Å². The highest BCUT2D eigenvalue weighted by Gasteiger charge is 2.37. The number of carbonyl (C=O) groups is 2. The van der Waals surface area contributed by atoms with Gasteiger partial charge in [0, 0.05) is 11.1 Å². The van der Waals surface area contributed by atoms with Crippen LogP contribution in [0.2, 0.25) is 5.02 Å². The van der Waals surface area contributed by atoms with E-state index < -0.39 is 0 Å². The van der Waals surface area contributed by atoms with Gasteiger partial charge in [-0.3, -0.25) is 14.5 Å². The molecule has 8 heteroatoms. The zero-order valence-corrected chi connectivity index (χ0v) is 21.6. The summed E-state index contributed by atoms with van der Waals surface area (Å²) in [6, 6.07) is 11.4. The first-order chi connectivity index (χ1) is 13.8. The minimum Gasteiger partial charge on any atom is -0.487 e. The zero-order chi connectivity index (χ0) is 21.1. The molecule has 2 amide bonds. The van der Waals surface area contributed by atoms with Gasteiger partial charge in [0.2, 0.25) is 0 Å². The molecule has 1 aliphatic rings. The van der Waals surface area contributed by atoms with Gasteiger partial charge >= 0.3 is 0 Å². The Morgan fingerprint density at radius 2 is 1.79 bits per heavy atom. The zero-order valence-electron chi connectivity index (χ0n) is 15.7. The van der Waals surface area contributed by atoms with Crippen molar-refractivity contribution in [1.82, 2.24) is 4.90 Å². The fraction of sp³-hybridized carbons (Fsp3) is 0.238. The van der Waals surface area contributed by atoms with Gasteiger partial charge in [-0.25, -0.2) is 0 Å². The molecular formula is C21H18ClI2NO3S. The Hall–Kier alpha value is -0.780. The quantitative estimate of drug-likeness (QED) is 0.250. The van der Waals surface area contributed by atoms with Crippen LogP contribution in [0.25, 0.3) is 6.08 Å². The van der Waals surface area contributed by atoms with Crippen LogP contribution in [0.15, 0.2) is 41.3 Å². The molecule has 0 N–H and O–H groups in total. The molecule has 1 saturated heterocycles. The topological polar surface area (TPSA) is 46.6 Å². The van der Waals surface area contributed by atoms with E-state index in [0.29, 0.717) is 16.5 Å². The van der Waals surface area contributed by atoms with E-state index in [4.69, 9.17) is 16.3 Å². The highest BCUT2D eigenvalue weighted by atomic mass is 127. The van der Waals surface area contributed by atoms with E-state index in [1.165, 1.54) is 4.90 Å². The minimum atomic E-state index is -0.220. The molecule has 0 saturated carbocycles. The molecule has 1 fully saturated rings. The van der Waals surface area contributed by atoms with Crippen molar-refractivity contribution in [2.24, 2.45) is 0 Å². The highest BCUT2D eigenvalue weighted by Crippen LogP contribution is 2.36. The van der Waals surface area contributed by atoms with Gasteiger partial charge in [-0.05, 0) is 112 Å². The van der Waals surface area contributed by atoms with Crippen LogP contribution in [0.1, 0.15) is 31.4 Å². The molecular weight excluding hydrogens is 636 g/mol. The van der Waals surface area contributed by atoms with Crippen LogP contribution in [0.4, 0.5) is 4.79 Å². The van der Waals surface area contributed by atoms with Crippen molar-refractivity contribution in [3.8, 4) is 5.75 Å². The molecule has 1 atom stereocenters. The van der Waals surface area contributed by atoms with Gasteiger partial charge in [0.15, 0.2) is 0 Å². The van der Waals surface area contributed by atoms with E-state index in [0.717, 1.165) is 42.2 Å². The molecule has 0 aromatic heterocycles. The first kappa shape index (κ1) is 22.9. The Morgan fingerprint density at radius 3 is 2.38 bits per heavy atom. The first-order valence-corrected chi connectivity index (χ1v) is 12.3. The normalized spacial score (nSPS) is 16.6. The lowest BCUT2D eigenvalue weighted by atomic mass is 10.2. The van der Waals surface area contributed by atoms with E-state index in [1.54, 1.807) is 6.08 Å². The number of thioether (sulfide) groups is 1. The fourth-order valence-corrected chi connectivity index (χ4v) is 5.91. The lowest BCUT2D eigenvalue weighted by Gasteiger charge is -2.19. The van der Waals surface area contributed by atoms with Crippen LogP contribution < -0.4 is 4.74 Å². The molecule has 4 nitrogen and oxygen atoms in total.